The van der Waals surface area contributed by atoms with E-state index in [4.69, 9.17) is 28.5 Å². The topological polar surface area (TPSA) is 206 Å². The van der Waals surface area contributed by atoms with E-state index in [9.17, 15) is 35.1 Å². The highest BCUT2D eigenvalue weighted by Crippen LogP contribution is 2.58. The molecule has 4 heterocycles. The van der Waals surface area contributed by atoms with Crippen LogP contribution in [0.2, 0.25) is 0 Å². The number of benzene rings is 1. The number of amides is 1. The van der Waals surface area contributed by atoms with E-state index in [0.717, 1.165) is 49.7 Å². The lowest BCUT2D eigenvalue weighted by Gasteiger charge is -2.48. The Balaban J connectivity index is 1.24. The number of carbonyl (C=O) groups excluding carboxylic acids is 2. The number of carbonyl (C=O) groups is 2. The molecular weight excluding hydrogens is 692 g/mol. The Bertz CT molecular complexity index is 1420. The lowest BCUT2D eigenvalue weighted by atomic mass is 9.62. The molecular formula is C38H56N2O13. The number of hydroxylamine groups is 2. The summed E-state index contributed by atoms with van der Waals surface area (Å²) in [6.07, 6.45) is 1.19. The molecule has 4 saturated heterocycles. The third-order valence-electron chi connectivity index (χ3n) is 11.3. The number of hydrogen-bond acceptors (Lipinski definition) is 14. The minimum absolute atomic E-state index is 0.0159. The van der Waals surface area contributed by atoms with Crippen LogP contribution in [0.4, 0.5) is 0 Å². The number of nitrogens with zero attached hydrogens (tertiary/aromatic N) is 1. The zero-order chi connectivity index (χ0) is 37.8. The number of hydrogen-bond donors (Lipinski definition) is 6. The molecule has 0 spiro atoms. The normalized spacial score (nSPS) is 36.1. The first-order valence-corrected chi connectivity index (χ1v) is 19.2. The van der Waals surface area contributed by atoms with Gasteiger partial charge in [-0.3, -0.25) is 14.4 Å². The van der Waals surface area contributed by atoms with Crippen LogP contribution in [0.25, 0.3) is 6.08 Å². The molecule has 15 nitrogen and oxygen atoms in total. The molecule has 11 atom stereocenters. The second-order valence-corrected chi connectivity index (χ2v) is 14.8. The highest BCUT2D eigenvalue weighted by Gasteiger charge is 2.76. The van der Waals surface area contributed by atoms with Crippen molar-refractivity contribution in [3.63, 3.8) is 0 Å². The lowest BCUT2D eigenvalue weighted by molar-refractivity contribution is -0.298. The Labute approximate surface area is 310 Å². The minimum Gasteiger partial charge on any atom is -0.458 e. The molecule has 6 N–H and O–H groups in total. The maximum absolute atomic E-state index is 14.2. The van der Waals surface area contributed by atoms with E-state index < -0.39 is 90.8 Å². The Morgan fingerprint density at radius 2 is 1.72 bits per heavy atom. The molecule has 15 heteroatoms. The molecule has 53 heavy (non-hydrogen) atoms. The molecule has 6 rings (SSSR count). The molecule has 1 aliphatic carbocycles. The van der Waals surface area contributed by atoms with Gasteiger partial charge in [0.2, 0.25) is 5.91 Å². The summed E-state index contributed by atoms with van der Waals surface area (Å²) in [6.45, 7) is 3.55. The summed E-state index contributed by atoms with van der Waals surface area (Å²) in [4.78, 5) is 34.9. The molecule has 2 unspecified atom stereocenters. The first-order chi connectivity index (χ1) is 25.6. The van der Waals surface area contributed by atoms with Gasteiger partial charge in [0.25, 0.3) is 0 Å². The Morgan fingerprint density at radius 3 is 2.42 bits per heavy atom. The van der Waals surface area contributed by atoms with Crippen LogP contribution in [-0.2, 0) is 44.7 Å². The second kappa shape index (κ2) is 17.5. The summed E-state index contributed by atoms with van der Waals surface area (Å²) >= 11 is 0. The van der Waals surface area contributed by atoms with Crippen LogP contribution in [-0.4, -0.2) is 136 Å². The van der Waals surface area contributed by atoms with E-state index in [2.05, 4.69) is 19.2 Å². The molecule has 1 amide bonds. The van der Waals surface area contributed by atoms with Crippen LogP contribution < -0.4 is 5.32 Å². The van der Waals surface area contributed by atoms with Crippen molar-refractivity contribution >= 4 is 18.0 Å². The number of nitrogens with one attached hydrogen (secondary N) is 1. The van der Waals surface area contributed by atoms with Gasteiger partial charge in [0, 0.05) is 25.8 Å². The molecule has 0 aromatic heterocycles. The van der Waals surface area contributed by atoms with E-state index in [-0.39, 0.29) is 32.7 Å². The SMILES string of the molecule is CCCCCC1(CCCCC)O[C@@H]2[C@H]3ON(Cc4ccccc4C=CCO[C@H]4O[C@H](CO)[C@H](O)[C@H](O)[C@H]4O)[C@H]4C(=O)OC(CC34C(=O)NCCO)[C@@H]2O1. The van der Waals surface area contributed by atoms with Crippen molar-refractivity contribution in [1.29, 1.82) is 0 Å². The number of ether oxygens (including phenoxy) is 5. The van der Waals surface area contributed by atoms with Gasteiger partial charge >= 0.3 is 5.97 Å². The lowest BCUT2D eigenvalue weighted by Crippen LogP contribution is -2.69. The van der Waals surface area contributed by atoms with Crippen LogP contribution in [0.5, 0.6) is 0 Å². The standard InChI is InChI=1S/C38H56N2O13/c1-3-5-9-15-37(16-10-6-4-2)51-30-25-20-38(36(47)39-17-18-41)32(34(46)49-25)40(53-33(38)31(30)52-37)21-24-13-8-7-12-23(24)14-11-19-48-35-29(45)28(44)27(43)26(22-42)50-35/h7-8,11-14,25-33,35,41-45H,3-6,9-10,15-22H2,1-2H3,(H,39,47)/t25?,26-,27+,28+,29-,30+,31+,32+,33-,35+,38?/m1/s1. The number of aliphatic hydroxyl groups excluding tert-OH is 5. The summed E-state index contributed by atoms with van der Waals surface area (Å²) < 4.78 is 30.8. The number of aliphatic hydroxyl groups is 5. The van der Waals surface area contributed by atoms with Gasteiger partial charge in [-0.25, -0.2) is 0 Å². The number of fused-ring (bicyclic) bond motifs is 4. The molecule has 5 fully saturated rings. The Morgan fingerprint density at radius 1 is 1.00 bits per heavy atom. The molecule has 1 saturated carbocycles. The first kappa shape index (κ1) is 40.1. The maximum atomic E-state index is 14.2. The second-order valence-electron chi connectivity index (χ2n) is 14.8. The quantitative estimate of drug-likeness (QED) is 0.0918. The van der Waals surface area contributed by atoms with Crippen molar-refractivity contribution in [1.82, 2.24) is 10.4 Å². The average molecular weight is 749 g/mol. The van der Waals surface area contributed by atoms with E-state index in [1.165, 1.54) is 5.06 Å². The van der Waals surface area contributed by atoms with Gasteiger partial charge in [0.1, 0.15) is 54.2 Å². The Hall–Kier alpha value is -2.54. The first-order valence-electron chi connectivity index (χ1n) is 19.2. The summed E-state index contributed by atoms with van der Waals surface area (Å²) in [6, 6.07) is 6.36. The number of rotatable bonds is 18. The van der Waals surface area contributed by atoms with Gasteiger partial charge < -0.3 is 54.5 Å². The van der Waals surface area contributed by atoms with Crippen molar-refractivity contribution < 1.29 is 63.6 Å². The van der Waals surface area contributed by atoms with Crippen LogP contribution in [0, 0.1) is 5.41 Å². The summed E-state index contributed by atoms with van der Waals surface area (Å²) in [7, 11) is 0. The fourth-order valence-electron chi connectivity index (χ4n) is 8.57. The van der Waals surface area contributed by atoms with Gasteiger partial charge in [0.05, 0.1) is 26.4 Å². The van der Waals surface area contributed by atoms with Gasteiger partial charge in [-0.15, -0.1) is 0 Å². The van der Waals surface area contributed by atoms with Crippen molar-refractivity contribution in [2.24, 2.45) is 5.41 Å². The molecule has 1 aromatic carbocycles. The van der Waals surface area contributed by atoms with Gasteiger partial charge in [-0.1, -0.05) is 75.9 Å². The summed E-state index contributed by atoms with van der Waals surface area (Å²) in [5, 5.41) is 53.9. The summed E-state index contributed by atoms with van der Waals surface area (Å²) in [5.41, 5.74) is 0.171. The van der Waals surface area contributed by atoms with Crippen LogP contribution >= 0.6 is 0 Å². The van der Waals surface area contributed by atoms with Crippen LogP contribution in [0.15, 0.2) is 30.3 Å². The highest BCUT2D eigenvalue weighted by atomic mass is 16.8. The zero-order valence-electron chi connectivity index (χ0n) is 30.6. The third kappa shape index (κ3) is 7.94. The number of esters is 1. The molecule has 0 radical (unpaired) electrons. The van der Waals surface area contributed by atoms with Crippen molar-refractivity contribution in [3.8, 4) is 0 Å². The molecule has 5 aliphatic rings. The monoisotopic (exact) mass is 748 g/mol. The predicted molar refractivity (Wildman–Crippen MR) is 187 cm³/mol. The minimum atomic E-state index is -1.55. The van der Waals surface area contributed by atoms with Gasteiger partial charge in [-0.05, 0) is 24.0 Å². The van der Waals surface area contributed by atoms with Crippen LogP contribution in [0.1, 0.15) is 82.8 Å². The smallest absolute Gasteiger partial charge is 0.327 e. The van der Waals surface area contributed by atoms with E-state index in [0.29, 0.717) is 12.8 Å². The van der Waals surface area contributed by atoms with Gasteiger partial charge in [-0.2, -0.15) is 5.06 Å². The predicted octanol–water partition coefficient (Wildman–Crippen LogP) is 1.07. The van der Waals surface area contributed by atoms with E-state index in [1.54, 1.807) is 12.2 Å². The van der Waals surface area contributed by atoms with E-state index in [1.807, 2.05) is 24.3 Å². The fourth-order valence-corrected chi connectivity index (χ4v) is 8.57. The fraction of sp³-hybridized carbons (Fsp3) is 0.737. The zero-order valence-corrected chi connectivity index (χ0v) is 30.6. The summed E-state index contributed by atoms with van der Waals surface area (Å²) in [5.74, 6) is -1.87. The molecule has 1 aromatic rings. The third-order valence-corrected chi connectivity index (χ3v) is 11.3. The van der Waals surface area contributed by atoms with E-state index >= 15 is 0 Å². The molecule has 4 aliphatic heterocycles. The Kier molecular flexibility index (Phi) is 13.3. The van der Waals surface area contributed by atoms with Crippen molar-refractivity contribution in [3.05, 3.63) is 41.5 Å². The van der Waals surface area contributed by atoms with Crippen molar-refractivity contribution in [2.75, 3.05) is 26.4 Å². The number of unbranched alkanes of at least 4 members (excludes halogenated alkanes) is 4. The molecule has 296 valence electrons. The van der Waals surface area contributed by atoms with Crippen LogP contribution in [0.3, 0.4) is 0 Å². The highest BCUT2D eigenvalue weighted by molar-refractivity contribution is 5.93. The van der Waals surface area contributed by atoms with Crippen molar-refractivity contribution in [2.45, 2.75) is 145 Å². The molecule has 2 bridgehead atoms. The average Bonchev–Trinajstić information content (AvgIpc) is 3.71. The maximum Gasteiger partial charge on any atom is 0.327 e. The van der Waals surface area contributed by atoms with Gasteiger partial charge in [0.15, 0.2) is 18.1 Å². The largest absolute Gasteiger partial charge is 0.458 e.